The van der Waals surface area contributed by atoms with Gasteiger partial charge in [0.2, 0.25) is 4.73 Å². The van der Waals surface area contributed by atoms with Crippen LogP contribution in [0.15, 0.2) is 33.7 Å². The molecule has 1 unspecified atom stereocenters. The number of hydrogen-bond acceptors (Lipinski definition) is 2. The van der Waals surface area contributed by atoms with E-state index >= 15 is 0 Å². The van der Waals surface area contributed by atoms with Crippen LogP contribution in [-0.2, 0) is 0 Å². The van der Waals surface area contributed by atoms with Crippen molar-refractivity contribution < 1.29 is 4.39 Å². The van der Waals surface area contributed by atoms with E-state index in [9.17, 15) is 4.39 Å². The summed E-state index contributed by atoms with van der Waals surface area (Å²) in [6, 6.07) is 6.34. The van der Waals surface area contributed by atoms with Gasteiger partial charge in [0.25, 0.3) is 0 Å². The Morgan fingerprint density at radius 3 is 2.38 bits per heavy atom. The normalized spacial score (nSPS) is 12.8. The predicted molar refractivity (Wildman–Crippen MR) is 65.6 cm³/mol. The van der Waals surface area contributed by atoms with Crippen molar-refractivity contribution in [3.63, 3.8) is 0 Å². The molecule has 16 heavy (non-hydrogen) atoms. The third-order valence-corrected chi connectivity index (χ3v) is 3.16. The molecule has 0 bridgehead atoms. The van der Waals surface area contributed by atoms with E-state index in [1.165, 1.54) is 12.1 Å². The maximum absolute atomic E-state index is 12.8. The maximum Gasteiger partial charge on any atom is 0.218 e. The Bertz CT molecular complexity index is 495. The van der Waals surface area contributed by atoms with E-state index in [-0.39, 0.29) is 11.9 Å². The molecule has 0 saturated carbocycles. The minimum absolute atomic E-state index is 0.00576. The molecule has 0 aliphatic rings. The van der Waals surface area contributed by atoms with E-state index in [4.69, 9.17) is 0 Å². The Morgan fingerprint density at radius 1 is 1.25 bits per heavy atom. The fraction of sp³-hybridized carbons (Fsp3) is 0.200. The molecule has 3 nitrogen and oxygen atoms in total. The second kappa shape index (κ2) is 4.63. The van der Waals surface area contributed by atoms with Crippen LogP contribution in [-0.4, -0.2) is 14.8 Å². The molecule has 0 aliphatic heterocycles. The summed E-state index contributed by atoms with van der Waals surface area (Å²) >= 11 is 6.52. The fourth-order valence-electron chi connectivity index (χ4n) is 1.41. The summed E-state index contributed by atoms with van der Waals surface area (Å²) in [5.74, 6) is -0.241. The summed E-state index contributed by atoms with van der Waals surface area (Å²) in [7, 11) is 0. The van der Waals surface area contributed by atoms with Crippen molar-refractivity contribution in [3.8, 4) is 0 Å². The van der Waals surface area contributed by atoms with Gasteiger partial charge in [-0.15, -0.1) is 5.10 Å². The lowest BCUT2D eigenvalue weighted by Gasteiger charge is -2.12. The van der Waals surface area contributed by atoms with Crippen LogP contribution in [0.1, 0.15) is 18.5 Å². The Labute approximate surface area is 109 Å². The number of nitrogens with zero attached hydrogens (tertiary/aromatic N) is 3. The van der Waals surface area contributed by atoms with Crippen molar-refractivity contribution in [3.05, 3.63) is 45.1 Å². The third kappa shape index (κ3) is 2.32. The minimum atomic E-state index is -0.241. The molecule has 6 heteroatoms. The number of rotatable bonds is 2. The summed E-state index contributed by atoms with van der Waals surface area (Å²) in [6.45, 7) is 1.97. The molecule has 0 saturated heterocycles. The Kier molecular flexibility index (Phi) is 3.39. The first-order chi connectivity index (χ1) is 7.58. The van der Waals surface area contributed by atoms with Gasteiger partial charge in [0, 0.05) is 0 Å². The van der Waals surface area contributed by atoms with Crippen LogP contribution in [0.2, 0.25) is 0 Å². The zero-order valence-electron chi connectivity index (χ0n) is 8.36. The highest BCUT2D eigenvalue weighted by atomic mass is 79.9. The lowest BCUT2D eigenvalue weighted by Crippen LogP contribution is -2.08. The Morgan fingerprint density at radius 2 is 1.88 bits per heavy atom. The highest BCUT2D eigenvalue weighted by molar-refractivity contribution is 9.11. The molecular weight excluding hydrogens is 341 g/mol. The van der Waals surface area contributed by atoms with Crippen molar-refractivity contribution in [1.29, 1.82) is 0 Å². The van der Waals surface area contributed by atoms with E-state index < -0.39 is 0 Å². The van der Waals surface area contributed by atoms with Gasteiger partial charge >= 0.3 is 0 Å². The molecule has 1 aromatic heterocycles. The highest BCUT2D eigenvalue weighted by Crippen LogP contribution is 2.22. The first-order valence-corrected chi connectivity index (χ1v) is 6.19. The average Bonchev–Trinajstić information content (AvgIpc) is 2.58. The molecule has 1 aromatic carbocycles. The van der Waals surface area contributed by atoms with Crippen LogP contribution in [0.5, 0.6) is 0 Å². The van der Waals surface area contributed by atoms with Crippen LogP contribution >= 0.6 is 31.9 Å². The smallest absolute Gasteiger partial charge is 0.218 e. The molecule has 0 spiro atoms. The summed E-state index contributed by atoms with van der Waals surface area (Å²) < 4.78 is 15.7. The molecule has 0 N–H and O–H groups in total. The van der Waals surface area contributed by atoms with Gasteiger partial charge in [0.15, 0.2) is 4.73 Å². The molecule has 0 radical (unpaired) electrons. The van der Waals surface area contributed by atoms with Crippen molar-refractivity contribution in [2.24, 2.45) is 0 Å². The Balaban J connectivity index is 2.35. The molecule has 0 fully saturated rings. The van der Waals surface area contributed by atoms with E-state index in [1.807, 2.05) is 6.92 Å². The molecule has 0 aliphatic carbocycles. The number of benzene rings is 1. The molecule has 1 atom stereocenters. The average molecular weight is 349 g/mol. The second-order valence-electron chi connectivity index (χ2n) is 3.32. The van der Waals surface area contributed by atoms with Gasteiger partial charge < -0.3 is 0 Å². The predicted octanol–water partition coefficient (Wildman–Crippen LogP) is 3.55. The first kappa shape index (κ1) is 11.7. The monoisotopic (exact) mass is 347 g/mol. The van der Waals surface area contributed by atoms with Crippen molar-refractivity contribution >= 4 is 31.9 Å². The van der Waals surface area contributed by atoms with Gasteiger partial charge in [-0.25, -0.2) is 9.07 Å². The molecule has 2 aromatic rings. The first-order valence-electron chi connectivity index (χ1n) is 4.61. The second-order valence-corrected chi connectivity index (χ2v) is 4.74. The van der Waals surface area contributed by atoms with Crippen LogP contribution < -0.4 is 0 Å². The van der Waals surface area contributed by atoms with Gasteiger partial charge in [-0.1, -0.05) is 12.1 Å². The summed E-state index contributed by atoms with van der Waals surface area (Å²) in [5, 5.41) is 4.19. The minimum Gasteiger partial charge on any atom is -0.232 e. The van der Waals surface area contributed by atoms with Gasteiger partial charge in [-0.05, 0) is 56.5 Å². The van der Waals surface area contributed by atoms with Gasteiger partial charge in [0.1, 0.15) is 5.82 Å². The molecule has 1 heterocycles. The molecule has 0 amide bonds. The van der Waals surface area contributed by atoms with Gasteiger partial charge in [0.05, 0.1) is 6.04 Å². The van der Waals surface area contributed by atoms with Gasteiger partial charge in [-0.3, -0.25) is 0 Å². The molecule has 2 rings (SSSR count). The molecule has 84 valence electrons. The highest BCUT2D eigenvalue weighted by Gasteiger charge is 2.13. The van der Waals surface area contributed by atoms with Gasteiger partial charge in [-0.2, -0.15) is 4.98 Å². The zero-order chi connectivity index (χ0) is 11.7. The summed E-state index contributed by atoms with van der Waals surface area (Å²) in [5.41, 5.74) is 0.972. The maximum atomic E-state index is 12.8. The fourth-order valence-corrected chi connectivity index (χ4v) is 2.54. The van der Waals surface area contributed by atoms with Crippen LogP contribution in [0.3, 0.4) is 0 Å². The summed E-state index contributed by atoms with van der Waals surface area (Å²) in [6.07, 6.45) is 0. The third-order valence-electron chi connectivity index (χ3n) is 2.28. The van der Waals surface area contributed by atoms with Crippen molar-refractivity contribution in [2.75, 3.05) is 0 Å². The van der Waals surface area contributed by atoms with Crippen LogP contribution in [0, 0.1) is 5.82 Å². The van der Waals surface area contributed by atoms with Crippen LogP contribution in [0.4, 0.5) is 4.39 Å². The topological polar surface area (TPSA) is 30.7 Å². The van der Waals surface area contributed by atoms with E-state index in [1.54, 1.807) is 16.8 Å². The van der Waals surface area contributed by atoms with E-state index in [2.05, 4.69) is 41.9 Å². The van der Waals surface area contributed by atoms with Crippen LogP contribution in [0.25, 0.3) is 0 Å². The summed E-state index contributed by atoms with van der Waals surface area (Å²) in [4.78, 5) is 4.09. The van der Waals surface area contributed by atoms with E-state index in [0.29, 0.717) is 9.47 Å². The van der Waals surface area contributed by atoms with E-state index in [0.717, 1.165) is 5.56 Å². The number of halogens is 3. The lowest BCUT2D eigenvalue weighted by molar-refractivity contribution is 0.546. The van der Waals surface area contributed by atoms with Crippen molar-refractivity contribution in [2.45, 2.75) is 13.0 Å². The number of hydrogen-bond donors (Lipinski definition) is 0. The zero-order valence-corrected chi connectivity index (χ0v) is 11.5. The largest absolute Gasteiger partial charge is 0.232 e. The number of aromatic nitrogens is 3. The molecular formula is C10H8Br2FN3. The standard InChI is InChI=1S/C10H8Br2FN3/c1-6(7-2-4-8(13)5-3-7)16-10(12)14-9(11)15-16/h2-6H,1H3. The lowest BCUT2D eigenvalue weighted by atomic mass is 10.1. The van der Waals surface area contributed by atoms with Crippen molar-refractivity contribution in [1.82, 2.24) is 14.8 Å². The SMILES string of the molecule is CC(c1ccc(F)cc1)n1nc(Br)nc1Br. The Hall–Kier alpha value is -0.750. The quantitative estimate of drug-likeness (QED) is 0.830.